The van der Waals surface area contributed by atoms with Gasteiger partial charge in [-0.2, -0.15) is 13.2 Å². The van der Waals surface area contributed by atoms with Crippen LogP contribution in [0.15, 0.2) is 24.5 Å². The second-order valence-corrected chi connectivity index (χ2v) is 4.51. The molecule has 3 nitrogen and oxygen atoms in total. The first kappa shape index (κ1) is 15.5. The summed E-state index contributed by atoms with van der Waals surface area (Å²) in [6, 6.07) is 1.48. The van der Waals surface area contributed by atoms with Crippen LogP contribution in [-0.4, -0.2) is 23.1 Å². The molecule has 19 heavy (non-hydrogen) atoms. The van der Waals surface area contributed by atoms with E-state index < -0.39 is 24.0 Å². The lowest BCUT2D eigenvalue weighted by Crippen LogP contribution is -2.49. The van der Waals surface area contributed by atoms with Crippen molar-refractivity contribution in [2.75, 3.05) is 0 Å². The molecule has 1 N–H and O–H groups in total. The maximum atomic E-state index is 12.8. The first-order valence-electron chi connectivity index (χ1n) is 6.09. The number of carbonyl (C=O) groups is 1. The van der Waals surface area contributed by atoms with Gasteiger partial charge in [-0.15, -0.1) is 0 Å². The Morgan fingerprint density at radius 3 is 2.63 bits per heavy atom. The third-order valence-electron chi connectivity index (χ3n) is 2.97. The molecule has 0 bridgehead atoms. The molecule has 1 aromatic rings. The molecule has 0 aliphatic heterocycles. The Balaban J connectivity index is 2.67. The molecule has 2 atom stereocenters. The van der Waals surface area contributed by atoms with Crippen LogP contribution in [0.4, 0.5) is 13.2 Å². The Bertz CT molecular complexity index is 406. The van der Waals surface area contributed by atoms with Gasteiger partial charge in [0.15, 0.2) is 0 Å². The molecule has 6 heteroatoms. The zero-order valence-electron chi connectivity index (χ0n) is 10.9. The molecule has 0 spiro atoms. The number of pyridine rings is 1. The molecule has 0 aliphatic rings. The van der Waals surface area contributed by atoms with E-state index in [0.717, 1.165) is 0 Å². The quantitative estimate of drug-likeness (QED) is 0.897. The lowest BCUT2D eigenvalue weighted by atomic mass is 9.98. The van der Waals surface area contributed by atoms with E-state index in [1.807, 2.05) is 0 Å². The molecule has 106 valence electrons. The number of carbonyl (C=O) groups excluding carboxylic acids is 1. The van der Waals surface area contributed by atoms with Crippen LogP contribution in [0.25, 0.3) is 0 Å². The Morgan fingerprint density at radius 2 is 2.16 bits per heavy atom. The molecular weight excluding hydrogens is 257 g/mol. The summed E-state index contributed by atoms with van der Waals surface area (Å²) in [5, 5.41) is 2.06. The lowest BCUT2D eigenvalue weighted by molar-refractivity contribution is -0.171. The molecule has 0 aromatic carbocycles. The number of rotatable bonds is 5. The summed E-state index contributed by atoms with van der Waals surface area (Å²) in [4.78, 5) is 15.5. The van der Waals surface area contributed by atoms with Gasteiger partial charge in [0.2, 0.25) is 5.91 Å². The minimum Gasteiger partial charge on any atom is -0.344 e. The normalized spacial score (nSPS) is 14.8. The molecule has 0 saturated heterocycles. The van der Waals surface area contributed by atoms with Crippen molar-refractivity contribution in [3.63, 3.8) is 0 Å². The summed E-state index contributed by atoms with van der Waals surface area (Å²) in [6.07, 6.45) is -1.18. The highest BCUT2D eigenvalue weighted by atomic mass is 19.4. The average molecular weight is 274 g/mol. The van der Waals surface area contributed by atoms with Crippen molar-refractivity contribution in [1.29, 1.82) is 0 Å². The zero-order chi connectivity index (χ0) is 14.5. The van der Waals surface area contributed by atoms with Crippen molar-refractivity contribution in [2.24, 2.45) is 5.92 Å². The van der Waals surface area contributed by atoms with E-state index in [9.17, 15) is 18.0 Å². The second kappa shape index (κ2) is 6.54. The van der Waals surface area contributed by atoms with Gasteiger partial charge in [0, 0.05) is 12.4 Å². The van der Waals surface area contributed by atoms with E-state index >= 15 is 0 Å². The van der Waals surface area contributed by atoms with Crippen molar-refractivity contribution < 1.29 is 18.0 Å². The predicted octanol–water partition coefficient (Wildman–Crippen LogP) is 2.72. The van der Waals surface area contributed by atoms with Gasteiger partial charge in [0.1, 0.15) is 6.04 Å². The van der Waals surface area contributed by atoms with Crippen molar-refractivity contribution in [2.45, 2.75) is 38.9 Å². The minimum absolute atomic E-state index is 0.100. The maximum Gasteiger partial charge on any atom is 0.408 e. The summed E-state index contributed by atoms with van der Waals surface area (Å²) >= 11 is 0. The van der Waals surface area contributed by atoms with E-state index in [0.29, 0.717) is 12.0 Å². The van der Waals surface area contributed by atoms with Gasteiger partial charge in [-0.1, -0.05) is 26.3 Å². The van der Waals surface area contributed by atoms with Gasteiger partial charge < -0.3 is 5.32 Å². The summed E-state index contributed by atoms with van der Waals surface area (Å²) in [7, 11) is 0. The van der Waals surface area contributed by atoms with Gasteiger partial charge in [-0.25, -0.2) is 0 Å². The Morgan fingerprint density at radius 1 is 1.47 bits per heavy atom. The van der Waals surface area contributed by atoms with Gasteiger partial charge in [-0.3, -0.25) is 9.78 Å². The molecule has 1 rings (SSSR count). The van der Waals surface area contributed by atoms with Crippen LogP contribution in [-0.2, 0) is 11.2 Å². The number of amides is 1. The van der Waals surface area contributed by atoms with Crippen molar-refractivity contribution in [3.05, 3.63) is 30.1 Å². The van der Waals surface area contributed by atoms with Crippen molar-refractivity contribution in [3.8, 4) is 0 Å². The smallest absolute Gasteiger partial charge is 0.344 e. The minimum atomic E-state index is -4.43. The van der Waals surface area contributed by atoms with Crippen LogP contribution in [0.1, 0.15) is 25.8 Å². The number of halogens is 3. The standard InChI is InChI=1S/C13H17F3N2O/c1-3-9(2)12(13(14,15)16)18-11(19)7-10-5-4-6-17-8-10/h4-6,8-9,12H,3,7H2,1-2H3,(H,18,19)/t9-,12-/m1/s1. The summed E-state index contributed by atoms with van der Waals surface area (Å²) in [5.41, 5.74) is 0.588. The van der Waals surface area contributed by atoms with Crippen LogP contribution in [0, 0.1) is 5.92 Å². The maximum absolute atomic E-state index is 12.8. The molecular formula is C13H17F3N2O. The van der Waals surface area contributed by atoms with Gasteiger partial charge >= 0.3 is 6.18 Å². The molecule has 0 saturated carbocycles. The number of nitrogens with one attached hydrogen (secondary N) is 1. The topological polar surface area (TPSA) is 42.0 Å². The number of aromatic nitrogens is 1. The van der Waals surface area contributed by atoms with Crippen LogP contribution in [0.2, 0.25) is 0 Å². The highest BCUT2D eigenvalue weighted by Crippen LogP contribution is 2.27. The first-order chi connectivity index (χ1) is 8.84. The summed E-state index contributed by atoms with van der Waals surface area (Å²) in [6.45, 7) is 3.14. The fourth-order valence-corrected chi connectivity index (χ4v) is 1.69. The highest BCUT2D eigenvalue weighted by Gasteiger charge is 2.43. The van der Waals surface area contributed by atoms with E-state index in [1.54, 1.807) is 25.3 Å². The zero-order valence-corrected chi connectivity index (χ0v) is 10.9. The summed E-state index contributed by atoms with van der Waals surface area (Å²) < 4.78 is 38.5. The monoisotopic (exact) mass is 274 g/mol. The molecule has 0 aliphatic carbocycles. The van der Waals surface area contributed by atoms with Crippen LogP contribution in [0.5, 0.6) is 0 Å². The Kier molecular flexibility index (Phi) is 5.32. The van der Waals surface area contributed by atoms with E-state index in [4.69, 9.17) is 0 Å². The second-order valence-electron chi connectivity index (χ2n) is 4.51. The number of hydrogen-bond donors (Lipinski definition) is 1. The van der Waals surface area contributed by atoms with Crippen molar-refractivity contribution in [1.82, 2.24) is 10.3 Å². The van der Waals surface area contributed by atoms with Crippen LogP contribution < -0.4 is 5.32 Å². The first-order valence-corrected chi connectivity index (χ1v) is 6.09. The van der Waals surface area contributed by atoms with E-state index in [2.05, 4.69) is 10.3 Å². The van der Waals surface area contributed by atoms with Crippen LogP contribution >= 0.6 is 0 Å². The fraction of sp³-hybridized carbons (Fsp3) is 0.538. The average Bonchev–Trinajstić information content (AvgIpc) is 2.35. The van der Waals surface area contributed by atoms with E-state index in [-0.39, 0.29) is 6.42 Å². The van der Waals surface area contributed by atoms with Gasteiger partial charge in [0.25, 0.3) is 0 Å². The Labute approximate surface area is 110 Å². The predicted molar refractivity (Wildman–Crippen MR) is 65.4 cm³/mol. The number of alkyl halides is 3. The number of hydrogen-bond acceptors (Lipinski definition) is 2. The highest BCUT2D eigenvalue weighted by molar-refractivity contribution is 5.78. The van der Waals surface area contributed by atoms with Crippen molar-refractivity contribution >= 4 is 5.91 Å². The fourth-order valence-electron chi connectivity index (χ4n) is 1.69. The third kappa shape index (κ3) is 4.89. The SMILES string of the molecule is CC[C@@H](C)[C@@H](NC(=O)Cc1cccnc1)C(F)(F)F. The van der Waals surface area contributed by atoms with E-state index in [1.165, 1.54) is 13.1 Å². The van der Waals surface area contributed by atoms with Gasteiger partial charge in [-0.05, 0) is 17.5 Å². The molecule has 0 radical (unpaired) electrons. The third-order valence-corrected chi connectivity index (χ3v) is 2.97. The largest absolute Gasteiger partial charge is 0.408 e. The van der Waals surface area contributed by atoms with Crippen LogP contribution in [0.3, 0.4) is 0 Å². The molecule has 1 amide bonds. The Hall–Kier alpha value is -1.59. The summed E-state index contributed by atoms with van der Waals surface area (Å²) in [5.74, 6) is -1.30. The number of nitrogens with zero attached hydrogens (tertiary/aromatic N) is 1. The molecule has 1 heterocycles. The van der Waals surface area contributed by atoms with Gasteiger partial charge in [0.05, 0.1) is 6.42 Å². The lowest BCUT2D eigenvalue weighted by Gasteiger charge is -2.26. The molecule has 0 fully saturated rings. The molecule has 0 unspecified atom stereocenters. The molecule has 1 aromatic heterocycles.